The summed E-state index contributed by atoms with van der Waals surface area (Å²) in [5.74, 6) is 0.288. The van der Waals surface area contributed by atoms with Crippen molar-refractivity contribution in [2.75, 3.05) is 13.1 Å². The van der Waals surface area contributed by atoms with Gasteiger partial charge in [0.1, 0.15) is 17.4 Å². The van der Waals surface area contributed by atoms with Crippen molar-refractivity contribution in [1.29, 1.82) is 5.26 Å². The molecule has 0 saturated carbocycles. The highest BCUT2D eigenvalue weighted by Crippen LogP contribution is 2.03. The van der Waals surface area contributed by atoms with Crippen molar-refractivity contribution >= 4 is 5.91 Å². The van der Waals surface area contributed by atoms with Crippen molar-refractivity contribution in [3.63, 3.8) is 0 Å². The van der Waals surface area contributed by atoms with Gasteiger partial charge in [-0.05, 0) is 25.0 Å². The number of carbonyl (C=O) groups excluding carboxylic acids is 1. The Morgan fingerprint density at radius 3 is 2.65 bits per heavy atom. The first-order valence-electron chi connectivity index (χ1n) is 6.87. The number of rotatable bonds is 8. The maximum Gasteiger partial charge on any atom is 0.263 e. The lowest BCUT2D eigenvalue weighted by Crippen LogP contribution is -2.27. The number of nitrogens with zero attached hydrogens (tertiary/aromatic N) is 2. The average molecular weight is 275 g/mol. The topological polar surface area (TPSA) is 69.3 Å². The lowest BCUT2D eigenvalue weighted by molar-refractivity contribution is -0.117. The van der Waals surface area contributed by atoms with Crippen LogP contribution in [0.15, 0.2) is 34.6 Å². The summed E-state index contributed by atoms with van der Waals surface area (Å²) in [5, 5.41) is 11.8. The Kier molecular flexibility index (Phi) is 6.97. The van der Waals surface area contributed by atoms with Crippen LogP contribution in [0.1, 0.15) is 32.4 Å². The van der Waals surface area contributed by atoms with Crippen LogP contribution in [0.5, 0.6) is 0 Å². The van der Waals surface area contributed by atoms with Crippen LogP contribution in [0.2, 0.25) is 0 Å². The Morgan fingerprint density at radius 2 is 2.15 bits per heavy atom. The van der Waals surface area contributed by atoms with Crippen molar-refractivity contribution in [3.05, 3.63) is 35.9 Å². The summed E-state index contributed by atoms with van der Waals surface area (Å²) in [6.45, 7) is 6.10. The average Bonchev–Trinajstić information content (AvgIpc) is 2.95. The van der Waals surface area contributed by atoms with Crippen LogP contribution < -0.4 is 5.32 Å². The first-order valence-corrected chi connectivity index (χ1v) is 6.87. The predicted octanol–water partition coefficient (Wildman–Crippen LogP) is 2.43. The molecule has 1 aromatic heterocycles. The van der Waals surface area contributed by atoms with Crippen LogP contribution in [0.4, 0.5) is 0 Å². The van der Waals surface area contributed by atoms with Gasteiger partial charge >= 0.3 is 0 Å². The highest BCUT2D eigenvalue weighted by atomic mass is 16.3. The van der Waals surface area contributed by atoms with E-state index in [2.05, 4.69) is 19.2 Å². The molecule has 1 heterocycles. The number of hydrogen-bond acceptors (Lipinski definition) is 4. The first-order chi connectivity index (χ1) is 9.71. The Hall–Kier alpha value is -2.22. The standard InChI is InChI=1S/C15H21N3O2/c1-3-7-18(8-4-2)12-13(10-16)15(19)17-11-14-6-5-9-20-14/h5-6,9,12H,3-4,7-8,11H2,1-2H3,(H,17,19)/b13-12-. The largest absolute Gasteiger partial charge is 0.467 e. The van der Waals surface area contributed by atoms with Crippen molar-refractivity contribution < 1.29 is 9.21 Å². The number of furan rings is 1. The lowest BCUT2D eigenvalue weighted by atomic mass is 10.2. The summed E-state index contributed by atoms with van der Waals surface area (Å²) < 4.78 is 5.13. The fraction of sp³-hybridized carbons (Fsp3) is 0.467. The van der Waals surface area contributed by atoms with Gasteiger partial charge < -0.3 is 14.6 Å². The monoisotopic (exact) mass is 275 g/mol. The van der Waals surface area contributed by atoms with E-state index in [1.54, 1.807) is 24.6 Å². The van der Waals surface area contributed by atoms with Crippen LogP contribution in [0.3, 0.4) is 0 Å². The van der Waals surface area contributed by atoms with Gasteiger partial charge in [-0.2, -0.15) is 5.26 Å². The van der Waals surface area contributed by atoms with E-state index in [0.717, 1.165) is 25.9 Å². The summed E-state index contributed by atoms with van der Waals surface area (Å²) in [4.78, 5) is 13.9. The number of nitriles is 1. The minimum absolute atomic E-state index is 0.124. The first kappa shape index (κ1) is 15.8. The molecule has 1 N–H and O–H groups in total. The fourth-order valence-corrected chi connectivity index (χ4v) is 1.81. The molecule has 1 rings (SSSR count). The molecule has 0 bridgehead atoms. The lowest BCUT2D eigenvalue weighted by Gasteiger charge is -2.19. The summed E-state index contributed by atoms with van der Waals surface area (Å²) in [5.41, 5.74) is 0.124. The van der Waals surface area contributed by atoms with E-state index >= 15 is 0 Å². The molecule has 108 valence electrons. The van der Waals surface area contributed by atoms with Crippen molar-refractivity contribution in [1.82, 2.24) is 10.2 Å². The van der Waals surface area contributed by atoms with Crippen LogP contribution in [0, 0.1) is 11.3 Å². The maximum atomic E-state index is 11.9. The van der Waals surface area contributed by atoms with Gasteiger partial charge in [-0.15, -0.1) is 0 Å². The van der Waals surface area contributed by atoms with Gasteiger partial charge in [0, 0.05) is 19.3 Å². The molecular formula is C15H21N3O2. The van der Waals surface area contributed by atoms with E-state index in [0.29, 0.717) is 5.76 Å². The fourth-order valence-electron chi connectivity index (χ4n) is 1.81. The molecule has 0 aliphatic rings. The molecule has 5 heteroatoms. The number of amides is 1. The molecule has 5 nitrogen and oxygen atoms in total. The van der Waals surface area contributed by atoms with Crippen LogP contribution in [-0.4, -0.2) is 23.9 Å². The normalized spacial score (nSPS) is 10.9. The quantitative estimate of drug-likeness (QED) is 0.584. The Balaban J connectivity index is 2.62. The molecule has 0 aliphatic carbocycles. The number of hydrogen-bond donors (Lipinski definition) is 1. The third-order valence-corrected chi connectivity index (χ3v) is 2.70. The van der Waals surface area contributed by atoms with Crippen LogP contribution >= 0.6 is 0 Å². The summed E-state index contributed by atoms with van der Waals surface area (Å²) >= 11 is 0. The van der Waals surface area contributed by atoms with E-state index in [9.17, 15) is 4.79 Å². The molecule has 0 radical (unpaired) electrons. The zero-order chi connectivity index (χ0) is 14.8. The number of nitrogens with one attached hydrogen (secondary N) is 1. The SMILES string of the molecule is CCCN(/C=C(/C#N)C(=O)NCc1ccco1)CCC. The zero-order valence-corrected chi connectivity index (χ0v) is 12.1. The summed E-state index contributed by atoms with van der Waals surface area (Å²) in [7, 11) is 0. The van der Waals surface area contributed by atoms with Crippen molar-refractivity contribution in [2.45, 2.75) is 33.2 Å². The minimum atomic E-state index is -0.374. The number of carbonyl (C=O) groups is 1. The highest BCUT2D eigenvalue weighted by molar-refractivity contribution is 5.97. The molecular weight excluding hydrogens is 254 g/mol. The van der Waals surface area contributed by atoms with Gasteiger partial charge in [0.15, 0.2) is 0 Å². The summed E-state index contributed by atoms with van der Waals surface area (Å²) in [6, 6.07) is 5.49. The highest BCUT2D eigenvalue weighted by Gasteiger charge is 2.11. The third kappa shape index (κ3) is 5.19. The van der Waals surface area contributed by atoms with E-state index in [1.165, 1.54) is 0 Å². The van der Waals surface area contributed by atoms with E-state index in [1.807, 2.05) is 11.0 Å². The molecule has 0 aromatic carbocycles. The molecule has 0 saturated heterocycles. The van der Waals surface area contributed by atoms with Crippen LogP contribution in [-0.2, 0) is 11.3 Å². The van der Waals surface area contributed by atoms with Gasteiger partial charge in [0.05, 0.1) is 12.8 Å². The van der Waals surface area contributed by atoms with Crippen LogP contribution in [0.25, 0.3) is 0 Å². The Morgan fingerprint density at radius 1 is 1.45 bits per heavy atom. The molecule has 0 aliphatic heterocycles. The molecule has 0 fully saturated rings. The predicted molar refractivity (Wildman–Crippen MR) is 76.4 cm³/mol. The van der Waals surface area contributed by atoms with E-state index in [-0.39, 0.29) is 18.0 Å². The van der Waals surface area contributed by atoms with Gasteiger partial charge in [-0.25, -0.2) is 0 Å². The van der Waals surface area contributed by atoms with Gasteiger partial charge in [0.2, 0.25) is 0 Å². The molecule has 0 atom stereocenters. The second-order valence-corrected chi connectivity index (χ2v) is 4.45. The molecule has 20 heavy (non-hydrogen) atoms. The minimum Gasteiger partial charge on any atom is -0.467 e. The van der Waals surface area contributed by atoms with E-state index < -0.39 is 0 Å². The van der Waals surface area contributed by atoms with Gasteiger partial charge in [0.25, 0.3) is 5.91 Å². The van der Waals surface area contributed by atoms with E-state index in [4.69, 9.17) is 9.68 Å². The summed E-state index contributed by atoms with van der Waals surface area (Å²) in [6.07, 6.45) is 5.14. The third-order valence-electron chi connectivity index (χ3n) is 2.70. The Labute approximate surface area is 119 Å². The maximum absolute atomic E-state index is 11.9. The smallest absolute Gasteiger partial charge is 0.263 e. The van der Waals surface area contributed by atoms with Gasteiger partial charge in [-0.1, -0.05) is 13.8 Å². The second kappa shape index (κ2) is 8.81. The molecule has 1 amide bonds. The molecule has 1 aromatic rings. The Bertz CT molecular complexity index is 466. The van der Waals surface area contributed by atoms with Crippen molar-refractivity contribution in [2.24, 2.45) is 0 Å². The van der Waals surface area contributed by atoms with Crippen molar-refractivity contribution in [3.8, 4) is 6.07 Å². The zero-order valence-electron chi connectivity index (χ0n) is 12.1. The second-order valence-electron chi connectivity index (χ2n) is 4.45. The molecule has 0 spiro atoms. The molecule has 0 unspecified atom stereocenters. The van der Waals surface area contributed by atoms with Gasteiger partial charge in [-0.3, -0.25) is 4.79 Å².